The lowest BCUT2D eigenvalue weighted by Gasteiger charge is -2.37. The van der Waals surface area contributed by atoms with Gasteiger partial charge in [0.1, 0.15) is 12.1 Å². The number of hydrogen-bond donors (Lipinski definition) is 1. The van der Waals surface area contributed by atoms with Gasteiger partial charge in [-0.1, -0.05) is 5.16 Å². The number of amides is 1. The van der Waals surface area contributed by atoms with Gasteiger partial charge in [0.25, 0.3) is 5.91 Å². The van der Waals surface area contributed by atoms with Gasteiger partial charge in [0, 0.05) is 57.5 Å². The molecule has 2 N–H and O–H groups in total. The number of rotatable bonds is 3. The zero-order valence-corrected chi connectivity index (χ0v) is 18.8. The molecule has 2 aliphatic heterocycles. The van der Waals surface area contributed by atoms with Crippen molar-refractivity contribution in [3.05, 3.63) is 53.3 Å². The predicted molar refractivity (Wildman–Crippen MR) is 123 cm³/mol. The highest BCUT2D eigenvalue weighted by molar-refractivity contribution is 7.18. The molecule has 1 amide bonds. The number of nitrogens with zero attached hydrogens (tertiary/aromatic N) is 4. The smallest absolute Gasteiger partial charge is 0.264 e. The van der Waals surface area contributed by atoms with Crippen molar-refractivity contribution >= 4 is 28.2 Å². The molecular weight excluding hydrogens is 441 g/mol. The first kappa shape index (κ1) is 20.4. The van der Waals surface area contributed by atoms with E-state index in [4.69, 9.17) is 10.3 Å². The number of carbonyl (C=O) groups excluding carboxylic acids is 1. The molecule has 5 heterocycles. The second-order valence-corrected chi connectivity index (χ2v) is 9.96. The van der Waals surface area contributed by atoms with E-state index in [9.17, 15) is 4.79 Å². The first-order valence-corrected chi connectivity index (χ1v) is 11.8. The van der Waals surface area contributed by atoms with Crippen molar-refractivity contribution in [1.29, 1.82) is 0 Å². The van der Waals surface area contributed by atoms with E-state index >= 15 is 4.39 Å². The molecule has 0 aliphatic carbocycles. The number of fused-ring (bicyclic) bond motifs is 3. The molecular formula is C24H22FN5O2S. The van der Waals surface area contributed by atoms with Gasteiger partial charge >= 0.3 is 0 Å². The summed E-state index contributed by atoms with van der Waals surface area (Å²) in [5.74, 6) is -0.405. The Kier molecular flexibility index (Phi) is 4.77. The topological polar surface area (TPSA) is 98.1 Å². The Labute approximate surface area is 193 Å². The zero-order valence-electron chi connectivity index (χ0n) is 18.0. The highest BCUT2D eigenvalue weighted by atomic mass is 32.1. The van der Waals surface area contributed by atoms with Crippen LogP contribution in [0.1, 0.15) is 41.0 Å². The monoisotopic (exact) mass is 463 g/mol. The largest absolute Gasteiger partial charge is 0.356 e. The van der Waals surface area contributed by atoms with E-state index in [2.05, 4.69) is 15.1 Å². The fourth-order valence-electron chi connectivity index (χ4n) is 5.28. The van der Waals surface area contributed by atoms with Gasteiger partial charge in [0.15, 0.2) is 5.58 Å². The predicted octanol–water partition coefficient (Wildman–Crippen LogP) is 4.56. The minimum absolute atomic E-state index is 0.0132. The van der Waals surface area contributed by atoms with Crippen LogP contribution in [0.5, 0.6) is 0 Å². The maximum Gasteiger partial charge on any atom is 0.264 e. The summed E-state index contributed by atoms with van der Waals surface area (Å²) >= 11 is 1.29. The average molecular weight is 464 g/mol. The van der Waals surface area contributed by atoms with Crippen molar-refractivity contribution in [2.24, 2.45) is 5.73 Å². The van der Waals surface area contributed by atoms with E-state index in [0.29, 0.717) is 32.0 Å². The standard InChI is InChI=1S/C24H22FN5O2S/c1-12-17-6-20(25)19(7-21(17)32-29-12)23-18(13-9-27-11-28-10-13)8-22(33-23)24(31)30-15-2-3-16(30)5-14(26)4-15/h6-11,14-16H,2-5,26H2,1H3. The van der Waals surface area contributed by atoms with E-state index < -0.39 is 5.82 Å². The number of thiophene rings is 1. The van der Waals surface area contributed by atoms with Crippen molar-refractivity contribution in [3.63, 3.8) is 0 Å². The zero-order chi connectivity index (χ0) is 22.7. The summed E-state index contributed by atoms with van der Waals surface area (Å²) in [6.45, 7) is 1.78. The summed E-state index contributed by atoms with van der Waals surface area (Å²) in [6.07, 6.45) is 8.42. The molecule has 2 saturated heterocycles. The van der Waals surface area contributed by atoms with Crippen molar-refractivity contribution in [2.45, 2.75) is 50.7 Å². The lowest BCUT2D eigenvalue weighted by atomic mass is 9.98. The molecule has 2 unspecified atom stereocenters. The Balaban J connectivity index is 1.48. The number of benzene rings is 1. The molecule has 0 spiro atoms. The molecule has 2 atom stereocenters. The van der Waals surface area contributed by atoms with E-state index in [1.165, 1.54) is 23.7 Å². The summed E-state index contributed by atoms with van der Waals surface area (Å²) in [5, 5.41) is 4.58. The summed E-state index contributed by atoms with van der Waals surface area (Å²) in [6, 6.07) is 5.42. The minimum atomic E-state index is -0.392. The molecule has 6 rings (SSSR count). The van der Waals surface area contributed by atoms with E-state index in [-0.39, 0.29) is 24.0 Å². The van der Waals surface area contributed by atoms with Crippen LogP contribution in [0.2, 0.25) is 0 Å². The average Bonchev–Trinajstić information content (AvgIpc) is 3.48. The molecule has 7 nitrogen and oxygen atoms in total. The SMILES string of the molecule is Cc1noc2cc(-c3sc(C(=O)N4C5CCC4CC(N)C5)cc3-c3cncnc3)c(F)cc12. The Bertz CT molecular complexity index is 1350. The van der Waals surface area contributed by atoms with Crippen LogP contribution in [-0.2, 0) is 0 Å². The summed E-state index contributed by atoms with van der Waals surface area (Å²) < 4.78 is 20.7. The van der Waals surface area contributed by atoms with Crippen LogP contribution in [0.3, 0.4) is 0 Å². The summed E-state index contributed by atoms with van der Waals surface area (Å²) in [7, 11) is 0. The third kappa shape index (κ3) is 3.34. The summed E-state index contributed by atoms with van der Waals surface area (Å²) in [5.41, 5.74) is 9.14. The molecule has 2 fully saturated rings. The van der Waals surface area contributed by atoms with Gasteiger partial charge in [-0.25, -0.2) is 14.4 Å². The molecule has 3 aromatic heterocycles. The second kappa shape index (κ2) is 7.71. The Hall–Kier alpha value is -3.17. The number of carbonyl (C=O) groups is 1. The number of nitrogens with two attached hydrogens (primary N) is 1. The molecule has 33 heavy (non-hydrogen) atoms. The van der Waals surface area contributed by atoms with Gasteiger partial charge < -0.3 is 15.2 Å². The quantitative estimate of drug-likeness (QED) is 0.478. The van der Waals surface area contributed by atoms with Crippen LogP contribution < -0.4 is 5.73 Å². The Morgan fingerprint density at radius 1 is 1.15 bits per heavy atom. The first-order chi connectivity index (χ1) is 16.0. The number of piperidine rings is 1. The van der Waals surface area contributed by atoms with Crippen LogP contribution in [0.15, 0.2) is 41.4 Å². The van der Waals surface area contributed by atoms with Crippen molar-refractivity contribution in [3.8, 4) is 21.6 Å². The highest BCUT2D eigenvalue weighted by Crippen LogP contribution is 2.44. The van der Waals surface area contributed by atoms with Crippen LogP contribution >= 0.6 is 11.3 Å². The lowest BCUT2D eigenvalue weighted by Crippen LogP contribution is -2.49. The Morgan fingerprint density at radius 3 is 2.61 bits per heavy atom. The number of hydrogen-bond acceptors (Lipinski definition) is 7. The molecule has 4 aromatic rings. The highest BCUT2D eigenvalue weighted by Gasteiger charge is 2.43. The van der Waals surface area contributed by atoms with Gasteiger partial charge in [-0.3, -0.25) is 4.79 Å². The second-order valence-electron chi connectivity index (χ2n) is 8.91. The normalized spacial score (nSPS) is 22.3. The fraction of sp³-hybridized carbons (Fsp3) is 0.333. The van der Waals surface area contributed by atoms with E-state index in [1.54, 1.807) is 25.4 Å². The first-order valence-electron chi connectivity index (χ1n) is 11.0. The third-order valence-corrected chi connectivity index (χ3v) is 7.96. The molecule has 0 saturated carbocycles. The van der Waals surface area contributed by atoms with Crippen LogP contribution in [-0.4, -0.2) is 44.1 Å². The van der Waals surface area contributed by atoms with Gasteiger partial charge in [-0.2, -0.15) is 0 Å². The van der Waals surface area contributed by atoms with Crippen LogP contribution in [0, 0.1) is 12.7 Å². The number of halogens is 1. The molecule has 2 bridgehead atoms. The van der Waals surface area contributed by atoms with E-state index in [1.807, 2.05) is 11.0 Å². The number of aromatic nitrogens is 3. The van der Waals surface area contributed by atoms with Gasteiger partial charge in [-0.05, 0) is 50.8 Å². The number of aryl methyl sites for hydroxylation is 1. The van der Waals surface area contributed by atoms with Crippen molar-refractivity contribution in [2.75, 3.05) is 0 Å². The van der Waals surface area contributed by atoms with Crippen molar-refractivity contribution < 1.29 is 13.7 Å². The summed E-state index contributed by atoms with van der Waals surface area (Å²) in [4.78, 5) is 25.1. The van der Waals surface area contributed by atoms with Gasteiger partial charge in [0.2, 0.25) is 0 Å². The lowest BCUT2D eigenvalue weighted by molar-refractivity contribution is 0.0580. The van der Waals surface area contributed by atoms with Gasteiger partial charge in [0.05, 0.1) is 10.6 Å². The van der Waals surface area contributed by atoms with Gasteiger partial charge in [-0.15, -0.1) is 11.3 Å². The molecule has 1 aromatic carbocycles. The third-order valence-electron chi connectivity index (χ3n) is 6.80. The minimum Gasteiger partial charge on any atom is -0.356 e. The van der Waals surface area contributed by atoms with Crippen LogP contribution in [0.4, 0.5) is 4.39 Å². The van der Waals surface area contributed by atoms with E-state index in [0.717, 1.165) is 36.8 Å². The molecule has 2 aliphatic rings. The molecule has 168 valence electrons. The van der Waals surface area contributed by atoms with Crippen LogP contribution in [0.25, 0.3) is 32.5 Å². The Morgan fingerprint density at radius 2 is 1.88 bits per heavy atom. The molecule has 0 radical (unpaired) electrons. The maximum absolute atomic E-state index is 15.3. The van der Waals surface area contributed by atoms with Crippen molar-refractivity contribution in [1.82, 2.24) is 20.0 Å². The maximum atomic E-state index is 15.3. The molecule has 9 heteroatoms. The fourth-order valence-corrected chi connectivity index (χ4v) is 6.42.